The predicted molar refractivity (Wildman–Crippen MR) is 130 cm³/mol. The highest BCUT2D eigenvalue weighted by molar-refractivity contribution is 7.15. The van der Waals surface area contributed by atoms with E-state index in [0.717, 1.165) is 21.9 Å². The Bertz CT molecular complexity index is 1160. The van der Waals surface area contributed by atoms with Crippen molar-refractivity contribution >= 4 is 28.5 Å². The number of nitrogens with zero attached hydrogens (tertiary/aromatic N) is 3. The van der Waals surface area contributed by atoms with Gasteiger partial charge in [-0.3, -0.25) is 10.1 Å². The van der Waals surface area contributed by atoms with E-state index >= 15 is 0 Å². The molecule has 0 atom stereocenters. The van der Waals surface area contributed by atoms with Crippen LogP contribution in [-0.2, 0) is 4.79 Å². The number of anilines is 1. The zero-order valence-corrected chi connectivity index (χ0v) is 19.9. The fourth-order valence-electron chi connectivity index (χ4n) is 2.99. The zero-order valence-electron chi connectivity index (χ0n) is 19.1. The van der Waals surface area contributed by atoms with Crippen molar-refractivity contribution in [3.63, 3.8) is 0 Å². The second kappa shape index (κ2) is 11.2. The van der Waals surface area contributed by atoms with Gasteiger partial charge in [-0.25, -0.2) is 0 Å². The van der Waals surface area contributed by atoms with Gasteiger partial charge in [0.15, 0.2) is 0 Å². The molecule has 0 radical (unpaired) electrons. The highest BCUT2D eigenvalue weighted by Gasteiger charge is 2.14. The van der Waals surface area contributed by atoms with Crippen LogP contribution in [0, 0.1) is 25.2 Å². The van der Waals surface area contributed by atoms with Crippen LogP contribution in [0.25, 0.3) is 6.08 Å². The van der Waals surface area contributed by atoms with Gasteiger partial charge in [-0.1, -0.05) is 43.4 Å². The molecule has 3 rings (SSSR count). The van der Waals surface area contributed by atoms with Gasteiger partial charge in [0, 0.05) is 5.92 Å². The van der Waals surface area contributed by atoms with Crippen molar-refractivity contribution in [1.82, 2.24) is 10.2 Å². The summed E-state index contributed by atoms with van der Waals surface area (Å²) in [5.41, 5.74) is 3.00. The molecule has 0 aliphatic heterocycles. The number of rotatable bonds is 9. The zero-order chi connectivity index (χ0) is 23.8. The number of hydrogen-bond donors (Lipinski definition) is 1. The first-order chi connectivity index (χ1) is 15.8. The smallest absolute Gasteiger partial charge is 0.268 e. The fourth-order valence-corrected chi connectivity index (χ4v) is 3.73. The number of nitriles is 1. The number of aryl methyl sites for hydroxylation is 2. The molecule has 2 aromatic carbocycles. The van der Waals surface area contributed by atoms with Crippen LogP contribution in [0.5, 0.6) is 11.5 Å². The molecule has 33 heavy (non-hydrogen) atoms. The standard InChI is InChI=1S/C25H26N4O3S/c1-16(2)24-28-29-25(33-24)27-23(30)20(15-26)14-19-5-7-21(8-6-19)31-9-10-32-22-12-17(3)11-18(4)13-22/h5-8,11-14,16H,9-10H2,1-4H3,(H,27,29,30). The average Bonchev–Trinajstić information content (AvgIpc) is 3.24. The van der Waals surface area contributed by atoms with Crippen LogP contribution in [0.15, 0.2) is 48.0 Å². The number of amides is 1. The van der Waals surface area contributed by atoms with Gasteiger partial charge in [-0.15, -0.1) is 10.2 Å². The van der Waals surface area contributed by atoms with Gasteiger partial charge in [0.05, 0.1) is 0 Å². The van der Waals surface area contributed by atoms with E-state index in [-0.39, 0.29) is 11.5 Å². The monoisotopic (exact) mass is 462 g/mol. The molecule has 3 aromatic rings. The lowest BCUT2D eigenvalue weighted by Crippen LogP contribution is -2.13. The third-order valence-electron chi connectivity index (χ3n) is 4.53. The molecule has 0 saturated carbocycles. The van der Waals surface area contributed by atoms with Crippen molar-refractivity contribution in [3.8, 4) is 17.6 Å². The second-order valence-electron chi connectivity index (χ2n) is 7.81. The molecule has 1 aromatic heterocycles. The van der Waals surface area contributed by atoms with E-state index < -0.39 is 5.91 Å². The van der Waals surface area contributed by atoms with Crippen LogP contribution in [0.1, 0.15) is 41.5 Å². The first-order valence-corrected chi connectivity index (χ1v) is 11.4. The number of ether oxygens (including phenoxy) is 2. The second-order valence-corrected chi connectivity index (χ2v) is 8.82. The molecule has 1 N–H and O–H groups in total. The Kier molecular flexibility index (Phi) is 8.17. The van der Waals surface area contributed by atoms with Crippen LogP contribution >= 0.6 is 11.3 Å². The molecular weight excluding hydrogens is 436 g/mol. The first kappa shape index (κ1) is 24.0. The minimum absolute atomic E-state index is 0.0215. The largest absolute Gasteiger partial charge is 0.490 e. The number of hydrogen-bond acceptors (Lipinski definition) is 7. The molecule has 0 fully saturated rings. The summed E-state index contributed by atoms with van der Waals surface area (Å²) in [6, 6.07) is 15.2. The van der Waals surface area contributed by atoms with Gasteiger partial charge in [0.25, 0.3) is 5.91 Å². The quantitative estimate of drug-likeness (QED) is 0.264. The Morgan fingerprint density at radius 3 is 2.27 bits per heavy atom. The van der Waals surface area contributed by atoms with Crippen molar-refractivity contribution in [1.29, 1.82) is 5.26 Å². The summed E-state index contributed by atoms with van der Waals surface area (Å²) in [4.78, 5) is 12.4. The highest BCUT2D eigenvalue weighted by Crippen LogP contribution is 2.23. The molecule has 0 spiro atoms. The van der Waals surface area contributed by atoms with E-state index in [2.05, 4.69) is 21.6 Å². The van der Waals surface area contributed by atoms with Gasteiger partial charge in [-0.05, 0) is 60.9 Å². The summed E-state index contributed by atoms with van der Waals surface area (Å²) in [5.74, 6) is 1.20. The van der Waals surface area contributed by atoms with Gasteiger partial charge >= 0.3 is 0 Å². The molecule has 0 aliphatic carbocycles. The molecular formula is C25H26N4O3S. The van der Waals surface area contributed by atoms with Crippen molar-refractivity contribution < 1.29 is 14.3 Å². The number of carbonyl (C=O) groups excluding carboxylic acids is 1. The summed E-state index contributed by atoms with van der Waals surface area (Å²) in [5, 5.41) is 21.2. The number of benzene rings is 2. The molecule has 1 heterocycles. The third-order valence-corrected chi connectivity index (χ3v) is 5.67. The average molecular weight is 463 g/mol. The summed E-state index contributed by atoms with van der Waals surface area (Å²) in [6.45, 7) is 8.89. The Labute approximate surface area is 197 Å². The van der Waals surface area contributed by atoms with Crippen LogP contribution in [0.2, 0.25) is 0 Å². The summed E-state index contributed by atoms with van der Waals surface area (Å²) in [7, 11) is 0. The van der Waals surface area contributed by atoms with Crippen molar-refractivity contribution in [2.45, 2.75) is 33.6 Å². The van der Waals surface area contributed by atoms with Crippen LogP contribution in [0.3, 0.4) is 0 Å². The Hall–Kier alpha value is -3.70. The van der Waals surface area contributed by atoms with E-state index in [9.17, 15) is 10.1 Å². The summed E-state index contributed by atoms with van der Waals surface area (Å²) < 4.78 is 11.5. The fraction of sp³-hybridized carbons (Fsp3) is 0.280. The van der Waals surface area contributed by atoms with Crippen LogP contribution < -0.4 is 14.8 Å². The van der Waals surface area contributed by atoms with E-state index in [4.69, 9.17) is 9.47 Å². The first-order valence-electron chi connectivity index (χ1n) is 10.5. The molecule has 1 amide bonds. The van der Waals surface area contributed by atoms with E-state index in [0.29, 0.717) is 29.7 Å². The molecule has 0 unspecified atom stereocenters. The summed E-state index contributed by atoms with van der Waals surface area (Å²) >= 11 is 1.30. The van der Waals surface area contributed by atoms with Gasteiger partial charge in [-0.2, -0.15) is 5.26 Å². The molecule has 0 saturated heterocycles. The van der Waals surface area contributed by atoms with E-state index in [1.54, 1.807) is 24.3 Å². The van der Waals surface area contributed by atoms with Crippen molar-refractivity contribution in [3.05, 3.63) is 69.7 Å². The maximum absolute atomic E-state index is 12.4. The Balaban J connectivity index is 1.53. The molecule has 7 nitrogen and oxygen atoms in total. The Morgan fingerprint density at radius 2 is 1.70 bits per heavy atom. The van der Waals surface area contributed by atoms with E-state index in [1.165, 1.54) is 17.4 Å². The topological polar surface area (TPSA) is 97.1 Å². The lowest BCUT2D eigenvalue weighted by molar-refractivity contribution is -0.112. The van der Waals surface area contributed by atoms with E-state index in [1.807, 2.05) is 45.9 Å². The lowest BCUT2D eigenvalue weighted by atomic mass is 10.1. The molecule has 0 aliphatic rings. The van der Waals surface area contributed by atoms with Crippen molar-refractivity contribution in [2.75, 3.05) is 18.5 Å². The number of carbonyl (C=O) groups is 1. The number of nitrogens with one attached hydrogen (secondary N) is 1. The maximum Gasteiger partial charge on any atom is 0.268 e. The van der Waals surface area contributed by atoms with Crippen LogP contribution in [-0.4, -0.2) is 29.3 Å². The molecule has 8 heteroatoms. The Morgan fingerprint density at radius 1 is 1.06 bits per heavy atom. The van der Waals surface area contributed by atoms with Crippen molar-refractivity contribution in [2.24, 2.45) is 0 Å². The van der Waals surface area contributed by atoms with Crippen LogP contribution in [0.4, 0.5) is 5.13 Å². The SMILES string of the molecule is Cc1cc(C)cc(OCCOc2ccc(C=C(C#N)C(=O)Nc3nnc(C(C)C)s3)cc2)c1. The van der Waals surface area contributed by atoms with Gasteiger partial charge in [0.2, 0.25) is 5.13 Å². The molecule has 170 valence electrons. The highest BCUT2D eigenvalue weighted by atomic mass is 32.1. The molecule has 0 bridgehead atoms. The normalized spacial score (nSPS) is 11.2. The lowest BCUT2D eigenvalue weighted by Gasteiger charge is -2.10. The van der Waals surface area contributed by atoms with Gasteiger partial charge in [0.1, 0.15) is 41.4 Å². The maximum atomic E-state index is 12.4. The summed E-state index contributed by atoms with van der Waals surface area (Å²) in [6.07, 6.45) is 1.52. The predicted octanol–water partition coefficient (Wildman–Crippen LogP) is 5.28. The third kappa shape index (κ3) is 7.16. The minimum atomic E-state index is -0.521. The van der Waals surface area contributed by atoms with Gasteiger partial charge < -0.3 is 9.47 Å². The minimum Gasteiger partial charge on any atom is -0.490 e. The number of aromatic nitrogens is 2.